The normalized spacial score (nSPS) is 16.1. The summed E-state index contributed by atoms with van der Waals surface area (Å²) in [6, 6.07) is 14.0. The monoisotopic (exact) mass is 377 g/mol. The molecular formula is C23H27N3O2. The maximum atomic E-state index is 12.9. The predicted molar refractivity (Wildman–Crippen MR) is 111 cm³/mol. The number of nitrogens with zero attached hydrogens (tertiary/aromatic N) is 1. The Morgan fingerprint density at radius 2 is 1.82 bits per heavy atom. The summed E-state index contributed by atoms with van der Waals surface area (Å²) < 4.78 is 0. The van der Waals surface area contributed by atoms with E-state index in [1.807, 2.05) is 48.2 Å². The van der Waals surface area contributed by atoms with Gasteiger partial charge in [0.05, 0.1) is 0 Å². The van der Waals surface area contributed by atoms with Crippen molar-refractivity contribution in [3.63, 3.8) is 0 Å². The molecule has 0 spiro atoms. The van der Waals surface area contributed by atoms with Crippen molar-refractivity contribution in [3.8, 4) is 0 Å². The molecule has 0 aromatic heterocycles. The minimum absolute atomic E-state index is 0.0304. The van der Waals surface area contributed by atoms with E-state index in [1.165, 1.54) is 18.4 Å². The highest BCUT2D eigenvalue weighted by molar-refractivity contribution is 6.07. The van der Waals surface area contributed by atoms with Gasteiger partial charge in [-0.25, -0.2) is 4.79 Å². The summed E-state index contributed by atoms with van der Waals surface area (Å²) in [5, 5.41) is 5.99. The summed E-state index contributed by atoms with van der Waals surface area (Å²) in [5.74, 6) is 0.0304. The fraction of sp³-hybridized carbons (Fsp3) is 0.391. The first-order chi connectivity index (χ1) is 13.6. The lowest BCUT2D eigenvalue weighted by Crippen LogP contribution is -2.40. The van der Waals surface area contributed by atoms with Gasteiger partial charge in [-0.05, 0) is 55.5 Å². The van der Waals surface area contributed by atoms with Crippen LogP contribution in [0.2, 0.25) is 0 Å². The molecule has 28 heavy (non-hydrogen) atoms. The third kappa shape index (κ3) is 4.03. The predicted octanol–water partition coefficient (Wildman–Crippen LogP) is 3.94. The van der Waals surface area contributed by atoms with Gasteiger partial charge in [0.15, 0.2) is 0 Å². The Hall–Kier alpha value is -2.82. The molecule has 4 rings (SSSR count). The van der Waals surface area contributed by atoms with Gasteiger partial charge >= 0.3 is 6.03 Å². The van der Waals surface area contributed by atoms with Crippen LogP contribution in [-0.4, -0.2) is 24.5 Å². The van der Waals surface area contributed by atoms with Crippen LogP contribution in [0.25, 0.3) is 0 Å². The number of fused-ring (bicyclic) bond motifs is 1. The quantitative estimate of drug-likeness (QED) is 0.848. The van der Waals surface area contributed by atoms with Crippen LogP contribution in [0.4, 0.5) is 10.5 Å². The number of rotatable bonds is 4. The highest BCUT2D eigenvalue weighted by Gasteiger charge is 2.26. The van der Waals surface area contributed by atoms with Gasteiger partial charge in [-0.3, -0.25) is 4.79 Å². The fourth-order valence-electron chi connectivity index (χ4n) is 4.09. The molecule has 1 aliphatic carbocycles. The number of urea groups is 1. The second-order valence-corrected chi connectivity index (χ2v) is 7.84. The Bertz CT molecular complexity index is 870. The number of aryl methyl sites for hydroxylation is 1. The summed E-state index contributed by atoms with van der Waals surface area (Å²) >= 11 is 0. The molecule has 1 aliphatic heterocycles. The highest BCUT2D eigenvalue weighted by Crippen LogP contribution is 2.30. The largest absolute Gasteiger partial charge is 0.335 e. The Balaban J connectivity index is 1.42. The summed E-state index contributed by atoms with van der Waals surface area (Å²) in [6.45, 7) is 3.17. The molecule has 0 saturated heterocycles. The van der Waals surface area contributed by atoms with E-state index in [1.54, 1.807) is 0 Å². The Labute approximate surface area is 166 Å². The van der Waals surface area contributed by atoms with Crippen molar-refractivity contribution in [3.05, 3.63) is 64.7 Å². The third-order valence-electron chi connectivity index (χ3n) is 5.73. The van der Waals surface area contributed by atoms with E-state index in [-0.39, 0.29) is 11.9 Å². The number of hydrogen-bond donors (Lipinski definition) is 2. The molecule has 5 nitrogen and oxygen atoms in total. The van der Waals surface area contributed by atoms with Crippen LogP contribution in [0.15, 0.2) is 42.5 Å². The van der Waals surface area contributed by atoms with Crippen molar-refractivity contribution < 1.29 is 9.59 Å². The molecule has 1 saturated carbocycles. The number of carbonyl (C=O) groups excluding carboxylic acids is 2. The summed E-state index contributed by atoms with van der Waals surface area (Å²) in [6.07, 6.45) is 5.40. The maximum absolute atomic E-state index is 12.9. The number of amides is 3. The lowest BCUT2D eigenvalue weighted by atomic mass is 10.1. The van der Waals surface area contributed by atoms with Gasteiger partial charge < -0.3 is 15.5 Å². The fourth-order valence-corrected chi connectivity index (χ4v) is 4.09. The Kier molecular flexibility index (Phi) is 5.33. The first-order valence-electron chi connectivity index (χ1n) is 10.1. The van der Waals surface area contributed by atoms with E-state index in [4.69, 9.17) is 0 Å². The molecule has 0 atom stereocenters. The molecule has 0 bridgehead atoms. The van der Waals surface area contributed by atoms with Crippen LogP contribution < -0.4 is 15.5 Å². The van der Waals surface area contributed by atoms with Gasteiger partial charge in [0, 0.05) is 30.4 Å². The van der Waals surface area contributed by atoms with Gasteiger partial charge in [0.2, 0.25) is 0 Å². The van der Waals surface area contributed by atoms with Crippen molar-refractivity contribution in [2.75, 3.05) is 11.4 Å². The Morgan fingerprint density at radius 3 is 2.57 bits per heavy atom. The minimum Gasteiger partial charge on any atom is -0.335 e. The lowest BCUT2D eigenvalue weighted by molar-refractivity contribution is 0.0989. The molecule has 2 N–H and O–H groups in total. The molecule has 3 amide bonds. The van der Waals surface area contributed by atoms with Crippen LogP contribution in [-0.2, 0) is 13.0 Å². The van der Waals surface area contributed by atoms with Gasteiger partial charge in [-0.15, -0.1) is 0 Å². The summed E-state index contributed by atoms with van der Waals surface area (Å²) in [5.41, 5.74) is 4.99. The number of carbonyl (C=O) groups is 2. The van der Waals surface area contributed by atoms with E-state index in [2.05, 4.69) is 16.7 Å². The molecule has 0 radical (unpaired) electrons. The Morgan fingerprint density at radius 1 is 1.07 bits per heavy atom. The summed E-state index contributed by atoms with van der Waals surface area (Å²) in [7, 11) is 0. The molecule has 2 aromatic rings. The second-order valence-electron chi connectivity index (χ2n) is 7.84. The highest BCUT2D eigenvalue weighted by atomic mass is 16.2. The van der Waals surface area contributed by atoms with Crippen LogP contribution >= 0.6 is 0 Å². The molecule has 1 fully saturated rings. The number of nitrogens with one attached hydrogen (secondary N) is 2. The van der Waals surface area contributed by atoms with Crippen molar-refractivity contribution in [1.29, 1.82) is 0 Å². The molecule has 146 valence electrons. The molecule has 2 aromatic carbocycles. The third-order valence-corrected chi connectivity index (χ3v) is 5.73. The minimum atomic E-state index is -0.111. The van der Waals surface area contributed by atoms with Crippen molar-refractivity contribution in [2.24, 2.45) is 0 Å². The topological polar surface area (TPSA) is 61.4 Å². The molecule has 5 heteroatoms. The second kappa shape index (κ2) is 8.05. The standard InChI is InChI=1S/C23H27N3O2/c1-16-6-9-19(10-7-16)22(27)26-13-12-18-11-8-17(14-21(18)26)15-24-23(28)25-20-4-2-3-5-20/h6-11,14,20H,2-5,12-13,15H2,1H3,(H2,24,25,28). The van der Waals surface area contributed by atoms with Crippen molar-refractivity contribution >= 4 is 17.6 Å². The molecule has 2 aliphatic rings. The average molecular weight is 377 g/mol. The van der Waals surface area contributed by atoms with Gasteiger partial charge in [-0.2, -0.15) is 0 Å². The smallest absolute Gasteiger partial charge is 0.315 e. The zero-order valence-electron chi connectivity index (χ0n) is 16.3. The van der Waals surface area contributed by atoms with Crippen LogP contribution in [0.3, 0.4) is 0 Å². The van der Waals surface area contributed by atoms with E-state index < -0.39 is 0 Å². The van der Waals surface area contributed by atoms with E-state index in [9.17, 15) is 9.59 Å². The number of benzene rings is 2. The van der Waals surface area contributed by atoms with Gasteiger partial charge in [0.1, 0.15) is 0 Å². The molecular weight excluding hydrogens is 350 g/mol. The SMILES string of the molecule is Cc1ccc(C(=O)N2CCc3ccc(CNC(=O)NC4CCCC4)cc32)cc1. The van der Waals surface area contributed by atoms with Crippen molar-refractivity contribution in [2.45, 2.75) is 51.6 Å². The lowest BCUT2D eigenvalue weighted by Gasteiger charge is -2.19. The van der Waals surface area contributed by atoms with E-state index in [0.717, 1.165) is 36.1 Å². The molecule has 0 unspecified atom stereocenters. The average Bonchev–Trinajstić information content (AvgIpc) is 3.35. The zero-order chi connectivity index (χ0) is 19.5. The first kappa shape index (κ1) is 18.5. The number of hydrogen-bond acceptors (Lipinski definition) is 2. The van der Waals surface area contributed by atoms with Gasteiger partial charge in [-0.1, -0.05) is 42.7 Å². The van der Waals surface area contributed by atoms with Crippen molar-refractivity contribution in [1.82, 2.24) is 10.6 Å². The van der Waals surface area contributed by atoms with Gasteiger partial charge in [0.25, 0.3) is 5.91 Å². The van der Waals surface area contributed by atoms with E-state index >= 15 is 0 Å². The number of anilines is 1. The maximum Gasteiger partial charge on any atom is 0.315 e. The van der Waals surface area contributed by atoms with E-state index in [0.29, 0.717) is 24.7 Å². The van der Waals surface area contributed by atoms with Crippen LogP contribution in [0, 0.1) is 6.92 Å². The zero-order valence-corrected chi connectivity index (χ0v) is 16.3. The molecule has 1 heterocycles. The first-order valence-corrected chi connectivity index (χ1v) is 10.1. The summed E-state index contributed by atoms with van der Waals surface area (Å²) in [4.78, 5) is 26.9. The van der Waals surface area contributed by atoms with Crippen LogP contribution in [0.5, 0.6) is 0 Å². The van der Waals surface area contributed by atoms with Crippen LogP contribution in [0.1, 0.15) is 52.7 Å².